The van der Waals surface area contributed by atoms with Crippen LogP contribution in [0.5, 0.6) is 0 Å². The Morgan fingerprint density at radius 2 is 1.77 bits per heavy atom. The molecule has 0 saturated carbocycles. The van der Waals surface area contributed by atoms with Crippen LogP contribution in [0.2, 0.25) is 0 Å². The summed E-state index contributed by atoms with van der Waals surface area (Å²) in [5.41, 5.74) is 0. The van der Waals surface area contributed by atoms with Gasteiger partial charge in [-0.2, -0.15) is 16.8 Å². The molecular weight excluding hydrogens is 220 g/mol. The molecular formula is C5H12O6S2. The predicted octanol–water partition coefficient (Wildman–Crippen LogP) is -0.0234. The molecule has 1 N–H and O–H groups in total. The van der Waals surface area contributed by atoms with Crippen LogP contribution < -0.4 is 0 Å². The van der Waals surface area contributed by atoms with E-state index in [1.807, 2.05) is 0 Å². The summed E-state index contributed by atoms with van der Waals surface area (Å²) in [5, 5.41) is -1.40. The quantitative estimate of drug-likeness (QED) is 0.528. The van der Waals surface area contributed by atoms with Gasteiger partial charge >= 0.3 is 0 Å². The number of hydrogen-bond acceptors (Lipinski definition) is 5. The van der Waals surface area contributed by atoms with Crippen molar-refractivity contribution in [3.05, 3.63) is 0 Å². The van der Waals surface area contributed by atoms with Gasteiger partial charge in [-0.05, 0) is 13.3 Å². The van der Waals surface area contributed by atoms with E-state index in [1.165, 1.54) is 6.92 Å². The summed E-state index contributed by atoms with van der Waals surface area (Å²) in [6.45, 7) is 3.18. The average molecular weight is 232 g/mol. The molecule has 0 spiro atoms. The molecule has 0 bridgehead atoms. The van der Waals surface area contributed by atoms with E-state index < -0.39 is 31.4 Å². The number of hydrogen-bond donors (Lipinski definition) is 1. The van der Waals surface area contributed by atoms with Gasteiger partial charge in [0, 0.05) is 0 Å². The first kappa shape index (κ1) is 12.8. The third-order valence-electron chi connectivity index (χ3n) is 1.18. The average Bonchev–Trinajstić information content (AvgIpc) is 1.80. The lowest BCUT2D eigenvalue weighted by Crippen LogP contribution is -2.22. The van der Waals surface area contributed by atoms with E-state index in [1.54, 1.807) is 6.92 Å². The molecule has 13 heavy (non-hydrogen) atoms. The van der Waals surface area contributed by atoms with E-state index in [-0.39, 0.29) is 0 Å². The van der Waals surface area contributed by atoms with Crippen LogP contribution >= 0.6 is 0 Å². The van der Waals surface area contributed by atoms with Crippen molar-refractivity contribution < 1.29 is 25.6 Å². The van der Waals surface area contributed by atoms with Crippen LogP contribution in [0.25, 0.3) is 0 Å². The lowest BCUT2D eigenvalue weighted by atomic mass is 10.3. The molecule has 0 aromatic carbocycles. The Morgan fingerprint density at radius 1 is 1.31 bits per heavy atom. The first-order chi connectivity index (χ1) is 5.66. The lowest BCUT2D eigenvalue weighted by molar-refractivity contribution is 0.226. The molecule has 0 fully saturated rings. The van der Waals surface area contributed by atoms with E-state index in [0.717, 1.165) is 0 Å². The van der Waals surface area contributed by atoms with Crippen LogP contribution in [0, 0.1) is 0 Å². The van der Waals surface area contributed by atoms with Crippen LogP contribution in [-0.2, 0) is 24.4 Å². The van der Waals surface area contributed by atoms with Crippen LogP contribution in [0.1, 0.15) is 20.3 Å². The molecule has 0 radical (unpaired) electrons. The van der Waals surface area contributed by atoms with Gasteiger partial charge in [-0.25, -0.2) is 0 Å². The predicted molar refractivity (Wildman–Crippen MR) is 46.2 cm³/mol. The minimum atomic E-state index is -4.55. The zero-order valence-corrected chi connectivity index (χ0v) is 8.93. The smallest absolute Gasteiger partial charge is 0.284 e. The summed E-state index contributed by atoms with van der Waals surface area (Å²) in [6.07, 6.45) is -0.156. The molecule has 0 saturated heterocycles. The second kappa shape index (κ2) is 4.36. The van der Waals surface area contributed by atoms with E-state index in [9.17, 15) is 16.8 Å². The van der Waals surface area contributed by atoms with E-state index in [2.05, 4.69) is 4.18 Å². The topological polar surface area (TPSA) is 97.7 Å². The fourth-order valence-electron chi connectivity index (χ4n) is 0.528. The van der Waals surface area contributed by atoms with Gasteiger partial charge < -0.3 is 0 Å². The molecule has 0 aliphatic heterocycles. The molecule has 1 unspecified atom stereocenters. The molecule has 0 aromatic rings. The summed E-state index contributed by atoms with van der Waals surface area (Å²) in [7, 11) is -8.74. The molecule has 0 aliphatic carbocycles. The highest BCUT2D eigenvalue weighted by Gasteiger charge is 2.22. The largest absolute Gasteiger partial charge is 0.285 e. The maximum absolute atomic E-state index is 10.9. The van der Waals surface area contributed by atoms with Crippen LogP contribution in [0.15, 0.2) is 0 Å². The van der Waals surface area contributed by atoms with Crippen LogP contribution in [0.3, 0.4) is 0 Å². The number of rotatable bonds is 5. The Kier molecular flexibility index (Phi) is 4.30. The minimum absolute atomic E-state index is 0.435. The third-order valence-corrected chi connectivity index (χ3v) is 4.15. The molecule has 6 nitrogen and oxygen atoms in total. The van der Waals surface area contributed by atoms with E-state index in [0.29, 0.717) is 6.42 Å². The Morgan fingerprint density at radius 3 is 2.08 bits per heavy atom. The van der Waals surface area contributed by atoms with Gasteiger partial charge in [-0.3, -0.25) is 8.74 Å². The third kappa shape index (κ3) is 6.94. The summed E-state index contributed by atoms with van der Waals surface area (Å²) in [4.78, 5) is 0. The summed E-state index contributed by atoms with van der Waals surface area (Å²) in [6, 6.07) is 0. The summed E-state index contributed by atoms with van der Waals surface area (Å²) < 4.78 is 54.8. The van der Waals surface area contributed by atoms with Crippen molar-refractivity contribution in [2.75, 3.05) is 5.08 Å². The second-order valence-corrected chi connectivity index (χ2v) is 5.99. The van der Waals surface area contributed by atoms with Crippen LogP contribution in [0.4, 0.5) is 0 Å². The van der Waals surface area contributed by atoms with Gasteiger partial charge in [-0.1, -0.05) is 6.92 Å². The van der Waals surface area contributed by atoms with E-state index >= 15 is 0 Å². The van der Waals surface area contributed by atoms with Crippen molar-refractivity contribution >= 4 is 20.2 Å². The Bertz CT molecular complexity index is 339. The Labute approximate surface area is 77.8 Å². The maximum atomic E-state index is 10.9. The van der Waals surface area contributed by atoms with Gasteiger partial charge in [0.2, 0.25) is 5.08 Å². The maximum Gasteiger partial charge on any atom is 0.284 e. The highest BCUT2D eigenvalue weighted by molar-refractivity contribution is 8.03. The molecule has 80 valence electrons. The zero-order chi connectivity index (χ0) is 10.7. The molecule has 0 aromatic heterocycles. The van der Waals surface area contributed by atoms with Gasteiger partial charge in [0.1, 0.15) is 0 Å². The lowest BCUT2D eigenvalue weighted by Gasteiger charge is -2.08. The fourth-order valence-corrected chi connectivity index (χ4v) is 2.85. The second-order valence-electron chi connectivity index (χ2n) is 2.57. The van der Waals surface area contributed by atoms with Crippen LogP contribution in [-0.4, -0.2) is 32.6 Å². The Balaban J connectivity index is 4.45. The highest BCUT2D eigenvalue weighted by atomic mass is 32.3. The van der Waals surface area contributed by atoms with Gasteiger partial charge in [0.05, 0.1) is 6.10 Å². The zero-order valence-electron chi connectivity index (χ0n) is 7.30. The monoisotopic (exact) mass is 232 g/mol. The standard InChI is InChI=1S/C5H12O6S2/c1-3-5(2)11-13(9,10)4-12(6,7)8/h5H,3-4H2,1-2H3,(H,6,7,8). The van der Waals surface area contributed by atoms with Crippen molar-refractivity contribution in [2.24, 2.45) is 0 Å². The normalized spacial score (nSPS) is 15.6. The first-order valence-corrected chi connectivity index (χ1v) is 6.71. The van der Waals surface area contributed by atoms with Gasteiger partial charge in [0.15, 0.2) is 0 Å². The SMILES string of the molecule is CCC(C)OS(=O)(=O)CS(=O)(=O)O. The first-order valence-electron chi connectivity index (χ1n) is 3.52. The molecule has 0 rings (SSSR count). The fraction of sp³-hybridized carbons (Fsp3) is 1.00. The minimum Gasteiger partial charge on any atom is -0.285 e. The van der Waals surface area contributed by atoms with Crippen molar-refractivity contribution in [1.82, 2.24) is 0 Å². The van der Waals surface area contributed by atoms with Gasteiger partial charge in [0.25, 0.3) is 20.2 Å². The summed E-state index contributed by atoms with van der Waals surface area (Å²) in [5.74, 6) is 0. The molecule has 1 atom stereocenters. The Hall–Kier alpha value is -0.180. The van der Waals surface area contributed by atoms with Crippen molar-refractivity contribution in [3.8, 4) is 0 Å². The van der Waals surface area contributed by atoms with Crippen molar-refractivity contribution in [2.45, 2.75) is 26.4 Å². The van der Waals surface area contributed by atoms with Gasteiger partial charge in [-0.15, -0.1) is 0 Å². The summed E-state index contributed by atoms with van der Waals surface area (Å²) >= 11 is 0. The molecule has 0 heterocycles. The van der Waals surface area contributed by atoms with Crippen molar-refractivity contribution in [3.63, 3.8) is 0 Å². The molecule has 8 heteroatoms. The highest BCUT2D eigenvalue weighted by Crippen LogP contribution is 2.05. The molecule has 0 aliphatic rings. The van der Waals surface area contributed by atoms with Crippen molar-refractivity contribution in [1.29, 1.82) is 0 Å². The van der Waals surface area contributed by atoms with E-state index in [4.69, 9.17) is 4.55 Å². The molecule has 0 amide bonds.